The number of thioether (sulfide) groups is 1. The van der Waals surface area contributed by atoms with Crippen LogP contribution in [0, 0.1) is 17.8 Å². The van der Waals surface area contributed by atoms with Gasteiger partial charge in [-0.15, -0.1) is 11.3 Å². The molecule has 4 aliphatic rings. The van der Waals surface area contributed by atoms with Gasteiger partial charge in [-0.1, -0.05) is 31.0 Å². The maximum atomic E-state index is 13.8. The SMILES string of the molecule is C[C@H](NC(=O)CSc1nc2sc3c(c2c(=O)n1C1CCCC1)CCCC3)[C@H]1C[C@H]2CC[C@H]1C2. The van der Waals surface area contributed by atoms with Crippen LogP contribution in [0.3, 0.4) is 0 Å². The summed E-state index contributed by atoms with van der Waals surface area (Å²) >= 11 is 3.17. The Morgan fingerprint density at radius 3 is 2.73 bits per heavy atom. The third-order valence-electron chi connectivity index (χ3n) is 8.83. The van der Waals surface area contributed by atoms with Gasteiger partial charge >= 0.3 is 0 Å². The Morgan fingerprint density at radius 1 is 1.15 bits per heavy atom. The predicted octanol–water partition coefficient (Wildman–Crippen LogP) is 5.48. The quantitative estimate of drug-likeness (QED) is 0.434. The molecular formula is C26H35N3O2S2. The number of amides is 1. The molecule has 0 spiro atoms. The van der Waals surface area contributed by atoms with Crippen molar-refractivity contribution in [2.24, 2.45) is 17.8 Å². The second-order valence-electron chi connectivity index (χ2n) is 10.9. The van der Waals surface area contributed by atoms with Crippen LogP contribution in [0.4, 0.5) is 0 Å². The van der Waals surface area contributed by atoms with Crippen molar-refractivity contribution >= 4 is 39.2 Å². The number of aryl methyl sites for hydroxylation is 2. The van der Waals surface area contributed by atoms with Crippen LogP contribution < -0.4 is 10.9 Å². The van der Waals surface area contributed by atoms with Crippen molar-refractivity contribution in [3.63, 3.8) is 0 Å². The molecule has 2 bridgehead atoms. The number of carbonyl (C=O) groups excluding carboxylic acids is 1. The van der Waals surface area contributed by atoms with Crippen molar-refractivity contribution in [1.29, 1.82) is 0 Å². The fraction of sp³-hybridized carbons (Fsp3) is 0.731. The Balaban J connectivity index is 1.23. The lowest BCUT2D eigenvalue weighted by Gasteiger charge is -2.28. The minimum Gasteiger partial charge on any atom is -0.353 e. The molecule has 3 fully saturated rings. The van der Waals surface area contributed by atoms with Crippen molar-refractivity contribution in [2.45, 2.75) is 101 Å². The zero-order valence-electron chi connectivity index (χ0n) is 19.6. The Bertz CT molecular complexity index is 1120. The van der Waals surface area contributed by atoms with Crippen LogP contribution >= 0.6 is 23.1 Å². The Morgan fingerprint density at radius 2 is 1.97 bits per heavy atom. The predicted molar refractivity (Wildman–Crippen MR) is 135 cm³/mol. The Labute approximate surface area is 204 Å². The number of hydrogen-bond acceptors (Lipinski definition) is 5. The highest BCUT2D eigenvalue weighted by Gasteiger charge is 2.42. The normalized spacial score (nSPS) is 27.8. The van der Waals surface area contributed by atoms with Crippen LogP contribution in [-0.2, 0) is 17.6 Å². The van der Waals surface area contributed by atoms with Crippen LogP contribution in [0.1, 0.15) is 87.6 Å². The summed E-state index contributed by atoms with van der Waals surface area (Å²) in [5.74, 6) is 2.75. The summed E-state index contributed by atoms with van der Waals surface area (Å²) in [4.78, 5) is 33.9. The van der Waals surface area contributed by atoms with E-state index >= 15 is 0 Å². The third kappa shape index (κ3) is 4.07. The molecule has 2 aromatic rings. The van der Waals surface area contributed by atoms with Crippen LogP contribution in [0.2, 0.25) is 0 Å². The topological polar surface area (TPSA) is 64.0 Å². The molecule has 0 saturated heterocycles. The largest absolute Gasteiger partial charge is 0.353 e. The highest BCUT2D eigenvalue weighted by Crippen LogP contribution is 2.49. The molecule has 2 heterocycles. The highest BCUT2D eigenvalue weighted by atomic mass is 32.2. The first-order valence-corrected chi connectivity index (χ1v) is 14.9. The van der Waals surface area contributed by atoms with Crippen molar-refractivity contribution in [1.82, 2.24) is 14.9 Å². The molecule has 5 nitrogen and oxygen atoms in total. The maximum Gasteiger partial charge on any atom is 0.263 e. The van der Waals surface area contributed by atoms with E-state index in [4.69, 9.17) is 4.98 Å². The fourth-order valence-electron chi connectivity index (χ4n) is 7.22. The average molecular weight is 486 g/mol. The standard InChI is InChI=1S/C26H35N3O2S2/c1-15(20-13-16-10-11-17(20)12-16)27-22(30)14-32-26-28-24-23(19-8-4-5-9-21(19)33-24)25(31)29(26)18-6-2-3-7-18/h15-18,20H,2-14H2,1H3,(H,27,30)/t15-,16-,17-,20+/m0/s1. The van der Waals surface area contributed by atoms with Gasteiger partial charge in [0.05, 0.1) is 11.1 Å². The van der Waals surface area contributed by atoms with E-state index < -0.39 is 0 Å². The van der Waals surface area contributed by atoms with Gasteiger partial charge in [-0.05, 0) is 88.0 Å². The van der Waals surface area contributed by atoms with Crippen LogP contribution in [0.15, 0.2) is 9.95 Å². The van der Waals surface area contributed by atoms with Gasteiger partial charge in [-0.2, -0.15) is 0 Å². The zero-order valence-corrected chi connectivity index (χ0v) is 21.2. The smallest absolute Gasteiger partial charge is 0.263 e. The van der Waals surface area contributed by atoms with E-state index in [1.807, 2.05) is 4.57 Å². The first kappa shape index (κ1) is 22.1. The van der Waals surface area contributed by atoms with E-state index in [-0.39, 0.29) is 23.6 Å². The molecule has 0 unspecified atom stereocenters. The third-order valence-corrected chi connectivity index (χ3v) is 11.0. The van der Waals surface area contributed by atoms with Gasteiger partial charge in [-0.3, -0.25) is 14.2 Å². The summed E-state index contributed by atoms with van der Waals surface area (Å²) in [6, 6.07) is 0.469. The lowest BCUT2D eigenvalue weighted by molar-refractivity contribution is -0.119. The summed E-state index contributed by atoms with van der Waals surface area (Å²) in [6.45, 7) is 2.18. The number of hydrogen-bond donors (Lipinski definition) is 1. The van der Waals surface area contributed by atoms with Crippen molar-refractivity contribution in [3.05, 3.63) is 20.8 Å². The molecule has 33 heavy (non-hydrogen) atoms. The molecule has 6 rings (SSSR count). The van der Waals surface area contributed by atoms with Crippen molar-refractivity contribution in [3.8, 4) is 0 Å². The molecule has 4 aliphatic carbocycles. The second kappa shape index (κ2) is 9.03. The van der Waals surface area contributed by atoms with Crippen LogP contribution in [-0.4, -0.2) is 27.3 Å². The maximum absolute atomic E-state index is 13.8. The minimum absolute atomic E-state index is 0.0769. The van der Waals surface area contributed by atoms with Gasteiger partial charge in [0.15, 0.2) is 5.16 Å². The number of thiophene rings is 1. The fourth-order valence-corrected chi connectivity index (χ4v) is 9.40. The number of fused-ring (bicyclic) bond motifs is 5. The molecule has 0 aliphatic heterocycles. The first-order valence-electron chi connectivity index (χ1n) is 13.1. The molecule has 0 radical (unpaired) electrons. The van der Waals surface area contributed by atoms with Crippen molar-refractivity contribution < 1.29 is 4.79 Å². The van der Waals surface area contributed by atoms with Gasteiger partial charge in [0, 0.05) is 17.0 Å². The lowest BCUT2D eigenvalue weighted by atomic mass is 9.84. The molecule has 178 valence electrons. The van der Waals surface area contributed by atoms with Gasteiger partial charge in [-0.25, -0.2) is 4.98 Å². The summed E-state index contributed by atoms with van der Waals surface area (Å²) in [5.41, 5.74) is 1.41. The summed E-state index contributed by atoms with van der Waals surface area (Å²) in [5, 5.41) is 4.91. The molecule has 3 saturated carbocycles. The number of rotatable bonds is 6. The van der Waals surface area contributed by atoms with E-state index in [2.05, 4.69) is 12.2 Å². The molecule has 1 N–H and O–H groups in total. The summed E-state index contributed by atoms with van der Waals surface area (Å²) in [7, 11) is 0. The van der Waals surface area contributed by atoms with E-state index in [1.165, 1.54) is 73.6 Å². The number of nitrogens with zero attached hydrogens (tertiary/aromatic N) is 2. The minimum atomic E-state index is 0.0769. The van der Waals surface area contributed by atoms with E-state index in [0.29, 0.717) is 11.7 Å². The highest BCUT2D eigenvalue weighted by molar-refractivity contribution is 7.99. The first-order chi connectivity index (χ1) is 16.1. The molecule has 2 aromatic heterocycles. The molecule has 0 aromatic carbocycles. The van der Waals surface area contributed by atoms with Crippen LogP contribution in [0.5, 0.6) is 0 Å². The molecule has 7 heteroatoms. The van der Waals surface area contributed by atoms with Gasteiger partial charge < -0.3 is 5.32 Å². The van der Waals surface area contributed by atoms with E-state index in [0.717, 1.165) is 52.9 Å². The monoisotopic (exact) mass is 485 g/mol. The molecule has 1 amide bonds. The summed E-state index contributed by atoms with van der Waals surface area (Å²) < 4.78 is 1.97. The lowest BCUT2D eigenvalue weighted by Crippen LogP contribution is -2.41. The van der Waals surface area contributed by atoms with E-state index in [1.54, 1.807) is 11.3 Å². The number of nitrogens with one attached hydrogen (secondary N) is 1. The molecular weight excluding hydrogens is 450 g/mol. The average Bonchev–Trinajstić information content (AvgIpc) is 3.61. The van der Waals surface area contributed by atoms with Gasteiger partial charge in [0.2, 0.25) is 5.91 Å². The summed E-state index contributed by atoms with van der Waals surface area (Å²) in [6.07, 6.45) is 14.2. The number of carbonyl (C=O) groups is 1. The Hall–Kier alpha value is -1.34. The zero-order chi connectivity index (χ0) is 22.5. The van der Waals surface area contributed by atoms with Gasteiger partial charge in [0.1, 0.15) is 4.83 Å². The molecule has 4 atom stereocenters. The van der Waals surface area contributed by atoms with E-state index in [9.17, 15) is 9.59 Å². The number of aromatic nitrogens is 2. The Kier molecular flexibility index (Phi) is 6.06. The van der Waals surface area contributed by atoms with Gasteiger partial charge in [0.25, 0.3) is 5.56 Å². The van der Waals surface area contributed by atoms with Crippen molar-refractivity contribution in [2.75, 3.05) is 5.75 Å². The second-order valence-corrected chi connectivity index (χ2v) is 12.9. The van der Waals surface area contributed by atoms with Crippen LogP contribution in [0.25, 0.3) is 10.2 Å².